The van der Waals surface area contributed by atoms with Crippen LogP contribution in [-0.4, -0.2) is 11.9 Å². The van der Waals surface area contributed by atoms with Gasteiger partial charge in [-0.2, -0.15) is 0 Å². The summed E-state index contributed by atoms with van der Waals surface area (Å²) in [5.74, 6) is -2.56. The Labute approximate surface area is 125 Å². The molecule has 0 aromatic heterocycles. The SMILES string of the molecule is CC(=O)c1cc(F)c(NC(=O)OCc2ccccc2)c(F)c1. The van der Waals surface area contributed by atoms with Crippen molar-refractivity contribution in [3.8, 4) is 0 Å². The molecule has 6 heteroatoms. The van der Waals surface area contributed by atoms with E-state index in [1.807, 2.05) is 11.4 Å². The third-order valence-corrected chi connectivity index (χ3v) is 2.89. The summed E-state index contributed by atoms with van der Waals surface area (Å²) in [6, 6.07) is 10.6. The first kappa shape index (κ1) is 15.6. The summed E-state index contributed by atoms with van der Waals surface area (Å²) < 4.78 is 32.3. The minimum Gasteiger partial charge on any atom is -0.444 e. The predicted molar refractivity (Wildman–Crippen MR) is 76.6 cm³/mol. The summed E-state index contributed by atoms with van der Waals surface area (Å²) in [6.45, 7) is 1.16. The first-order valence-corrected chi connectivity index (χ1v) is 6.45. The molecule has 0 aliphatic heterocycles. The third kappa shape index (κ3) is 3.88. The van der Waals surface area contributed by atoms with Crippen molar-refractivity contribution >= 4 is 17.6 Å². The molecule has 0 radical (unpaired) electrons. The summed E-state index contributed by atoms with van der Waals surface area (Å²) in [5.41, 5.74) is -0.0215. The van der Waals surface area contributed by atoms with Gasteiger partial charge in [-0.3, -0.25) is 10.1 Å². The molecule has 0 fully saturated rings. The normalized spacial score (nSPS) is 10.1. The molecule has 0 spiro atoms. The van der Waals surface area contributed by atoms with Crippen molar-refractivity contribution in [3.63, 3.8) is 0 Å². The van der Waals surface area contributed by atoms with Gasteiger partial charge in [0.2, 0.25) is 0 Å². The molecule has 2 rings (SSSR count). The van der Waals surface area contributed by atoms with Crippen LogP contribution >= 0.6 is 0 Å². The van der Waals surface area contributed by atoms with Gasteiger partial charge in [-0.25, -0.2) is 13.6 Å². The lowest BCUT2D eigenvalue weighted by Crippen LogP contribution is -2.16. The van der Waals surface area contributed by atoms with Crippen molar-refractivity contribution in [3.05, 3.63) is 65.2 Å². The number of carbonyl (C=O) groups excluding carboxylic acids is 2. The average molecular weight is 305 g/mol. The van der Waals surface area contributed by atoms with Crippen LogP contribution in [-0.2, 0) is 11.3 Å². The van der Waals surface area contributed by atoms with Crippen LogP contribution in [0.3, 0.4) is 0 Å². The Bertz CT molecular complexity index is 679. The molecule has 0 heterocycles. The summed E-state index contributed by atoms with van der Waals surface area (Å²) in [4.78, 5) is 22.7. The number of rotatable bonds is 4. The standard InChI is InChI=1S/C16H13F2NO3/c1-10(20)12-7-13(17)15(14(18)8-12)19-16(21)22-9-11-5-3-2-4-6-11/h2-8H,9H2,1H3,(H,19,21). The first-order valence-electron chi connectivity index (χ1n) is 6.45. The highest BCUT2D eigenvalue weighted by molar-refractivity contribution is 5.95. The van der Waals surface area contributed by atoms with E-state index < -0.39 is 29.2 Å². The highest BCUT2D eigenvalue weighted by Gasteiger charge is 2.16. The highest BCUT2D eigenvalue weighted by Crippen LogP contribution is 2.21. The fourth-order valence-corrected chi connectivity index (χ4v) is 1.76. The number of amides is 1. The fraction of sp³-hybridized carbons (Fsp3) is 0.125. The minimum absolute atomic E-state index is 0.0263. The van der Waals surface area contributed by atoms with Crippen LogP contribution in [0.25, 0.3) is 0 Å². The molecule has 2 aromatic carbocycles. The number of ether oxygens (including phenoxy) is 1. The topological polar surface area (TPSA) is 55.4 Å². The highest BCUT2D eigenvalue weighted by atomic mass is 19.1. The van der Waals surface area contributed by atoms with Gasteiger partial charge in [0.15, 0.2) is 17.4 Å². The van der Waals surface area contributed by atoms with Gasteiger partial charge in [-0.15, -0.1) is 0 Å². The van der Waals surface area contributed by atoms with E-state index in [1.54, 1.807) is 24.3 Å². The number of benzene rings is 2. The van der Waals surface area contributed by atoms with Crippen LogP contribution in [0.5, 0.6) is 0 Å². The number of ketones is 1. The van der Waals surface area contributed by atoms with Crippen molar-refractivity contribution in [1.82, 2.24) is 0 Å². The average Bonchev–Trinajstić information content (AvgIpc) is 2.49. The molecule has 0 saturated carbocycles. The molecule has 0 atom stereocenters. The van der Waals surface area contributed by atoms with Gasteiger partial charge in [0.1, 0.15) is 12.3 Å². The fourth-order valence-electron chi connectivity index (χ4n) is 1.76. The lowest BCUT2D eigenvalue weighted by Gasteiger charge is -2.09. The van der Waals surface area contributed by atoms with Gasteiger partial charge < -0.3 is 4.74 Å². The lowest BCUT2D eigenvalue weighted by molar-refractivity contribution is 0.101. The maximum atomic E-state index is 13.7. The van der Waals surface area contributed by atoms with Crippen molar-refractivity contribution < 1.29 is 23.1 Å². The quantitative estimate of drug-likeness (QED) is 0.871. The number of anilines is 1. The molecular weight excluding hydrogens is 292 g/mol. The van der Waals surface area contributed by atoms with Crippen molar-refractivity contribution in [1.29, 1.82) is 0 Å². The molecule has 0 aliphatic rings. The molecule has 4 nitrogen and oxygen atoms in total. The maximum absolute atomic E-state index is 13.7. The van der Waals surface area contributed by atoms with Crippen molar-refractivity contribution in [2.75, 3.05) is 5.32 Å². The van der Waals surface area contributed by atoms with E-state index >= 15 is 0 Å². The Morgan fingerprint density at radius 2 is 1.68 bits per heavy atom. The Morgan fingerprint density at radius 1 is 1.09 bits per heavy atom. The first-order chi connectivity index (χ1) is 10.5. The smallest absolute Gasteiger partial charge is 0.412 e. The summed E-state index contributed by atoms with van der Waals surface area (Å²) in [5, 5.41) is 1.99. The zero-order valence-corrected chi connectivity index (χ0v) is 11.7. The van der Waals surface area contributed by atoms with Crippen LogP contribution in [0, 0.1) is 11.6 Å². The predicted octanol–water partition coefficient (Wildman–Crippen LogP) is 3.92. The van der Waals surface area contributed by atoms with Crippen LogP contribution in [0.2, 0.25) is 0 Å². The van der Waals surface area contributed by atoms with Crippen LogP contribution in [0.15, 0.2) is 42.5 Å². The van der Waals surface area contributed by atoms with Crippen LogP contribution in [0.4, 0.5) is 19.3 Å². The van der Waals surface area contributed by atoms with Gasteiger partial charge in [0, 0.05) is 5.56 Å². The zero-order valence-electron chi connectivity index (χ0n) is 11.7. The number of Topliss-reactive ketones (excluding diaryl/α,β-unsaturated/α-hetero) is 1. The summed E-state index contributed by atoms with van der Waals surface area (Å²) in [6.07, 6.45) is -0.989. The molecule has 0 bridgehead atoms. The summed E-state index contributed by atoms with van der Waals surface area (Å²) >= 11 is 0. The maximum Gasteiger partial charge on any atom is 0.412 e. The molecule has 2 aromatic rings. The lowest BCUT2D eigenvalue weighted by atomic mass is 10.1. The number of halogens is 2. The minimum atomic E-state index is -1.04. The van der Waals surface area contributed by atoms with E-state index in [1.165, 1.54) is 6.92 Å². The summed E-state index contributed by atoms with van der Waals surface area (Å²) in [7, 11) is 0. The van der Waals surface area contributed by atoms with Gasteiger partial charge in [-0.1, -0.05) is 30.3 Å². The van der Waals surface area contributed by atoms with E-state index in [2.05, 4.69) is 0 Å². The van der Waals surface area contributed by atoms with Crippen LogP contribution in [0.1, 0.15) is 22.8 Å². The molecule has 1 amide bonds. The second-order valence-electron chi connectivity index (χ2n) is 4.56. The van der Waals surface area contributed by atoms with Crippen LogP contribution < -0.4 is 5.32 Å². The Hall–Kier alpha value is -2.76. The molecule has 0 unspecified atom stereocenters. The molecule has 1 N–H and O–H groups in total. The van der Waals surface area contributed by atoms with E-state index in [0.717, 1.165) is 17.7 Å². The van der Waals surface area contributed by atoms with Gasteiger partial charge in [-0.05, 0) is 24.6 Å². The van der Waals surface area contributed by atoms with Crippen molar-refractivity contribution in [2.24, 2.45) is 0 Å². The van der Waals surface area contributed by atoms with Gasteiger partial charge >= 0.3 is 6.09 Å². The Morgan fingerprint density at radius 3 is 2.23 bits per heavy atom. The molecule has 22 heavy (non-hydrogen) atoms. The third-order valence-electron chi connectivity index (χ3n) is 2.89. The molecule has 114 valence electrons. The van der Waals surface area contributed by atoms with E-state index in [9.17, 15) is 18.4 Å². The van der Waals surface area contributed by atoms with E-state index in [-0.39, 0.29) is 12.2 Å². The second kappa shape index (κ2) is 6.80. The Kier molecular flexibility index (Phi) is 4.83. The van der Waals surface area contributed by atoms with E-state index in [0.29, 0.717) is 0 Å². The molecular formula is C16H13F2NO3. The van der Waals surface area contributed by atoms with Gasteiger partial charge in [0.05, 0.1) is 0 Å². The monoisotopic (exact) mass is 305 g/mol. The van der Waals surface area contributed by atoms with Crippen molar-refractivity contribution in [2.45, 2.75) is 13.5 Å². The number of hydrogen-bond acceptors (Lipinski definition) is 3. The molecule has 0 saturated heterocycles. The molecule has 0 aliphatic carbocycles. The number of carbonyl (C=O) groups is 2. The second-order valence-corrected chi connectivity index (χ2v) is 4.56. The van der Waals surface area contributed by atoms with Gasteiger partial charge in [0.25, 0.3) is 0 Å². The number of nitrogens with one attached hydrogen (secondary N) is 1. The number of hydrogen-bond donors (Lipinski definition) is 1. The zero-order chi connectivity index (χ0) is 16.1. The largest absolute Gasteiger partial charge is 0.444 e. The Balaban J connectivity index is 2.04. The van der Waals surface area contributed by atoms with E-state index in [4.69, 9.17) is 4.74 Å².